The topological polar surface area (TPSA) is 76.1 Å². The summed E-state index contributed by atoms with van der Waals surface area (Å²) in [6.07, 6.45) is 1.85. The Kier molecular flexibility index (Phi) is 6.75. The number of aliphatic hydroxyl groups is 1. The highest BCUT2D eigenvalue weighted by Crippen LogP contribution is 2.32. The molecule has 33 heavy (non-hydrogen) atoms. The van der Waals surface area contributed by atoms with Crippen molar-refractivity contribution >= 4 is 11.9 Å². The number of carbonyl (C=O) groups is 2. The third-order valence-corrected chi connectivity index (χ3v) is 5.83. The zero-order valence-electron chi connectivity index (χ0n) is 18.5. The van der Waals surface area contributed by atoms with E-state index in [2.05, 4.69) is 0 Å². The maximum absolute atomic E-state index is 13.2. The molecular formula is C27H27NO5. The lowest BCUT2D eigenvalue weighted by molar-refractivity contribution is -0.166. The number of hydrogen-bond donors (Lipinski definition) is 1. The quantitative estimate of drug-likeness (QED) is 0.509. The van der Waals surface area contributed by atoms with Gasteiger partial charge in [-0.05, 0) is 41.7 Å². The Morgan fingerprint density at radius 2 is 1.45 bits per heavy atom. The molecule has 3 aromatic rings. The molecule has 0 bridgehead atoms. The molecule has 0 unspecified atom stereocenters. The minimum absolute atomic E-state index is 0.139. The minimum Gasteiger partial charge on any atom is -0.497 e. The number of rotatable bonds is 9. The van der Waals surface area contributed by atoms with Crippen LogP contribution in [0.2, 0.25) is 0 Å². The predicted octanol–water partition coefficient (Wildman–Crippen LogP) is 3.67. The Balaban J connectivity index is 1.48. The Labute approximate surface area is 193 Å². The van der Waals surface area contributed by atoms with Crippen molar-refractivity contribution in [2.45, 2.75) is 31.0 Å². The van der Waals surface area contributed by atoms with Gasteiger partial charge >= 0.3 is 5.97 Å². The highest BCUT2D eigenvalue weighted by atomic mass is 16.6. The van der Waals surface area contributed by atoms with Gasteiger partial charge in [-0.1, -0.05) is 72.8 Å². The molecule has 4 rings (SSSR count). The first-order valence-corrected chi connectivity index (χ1v) is 11.0. The molecule has 0 aromatic heterocycles. The molecule has 3 aromatic carbocycles. The van der Waals surface area contributed by atoms with Gasteiger partial charge in [-0.3, -0.25) is 4.79 Å². The number of hydrogen-bond acceptors (Lipinski definition) is 5. The number of amides is 1. The minimum atomic E-state index is -2.01. The Morgan fingerprint density at radius 3 is 1.94 bits per heavy atom. The SMILES string of the molecule is COc1ccc(CN(C(=O)COC(=O)C(O)(c2ccccc2)c2ccccc2)C2CC2)cc1. The number of nitrogens with zero attached hydrogens (tertiary/aromatic N) is 1. The van der Waals surface area contributed by atoms with Crippen molar-refractivity contribution in [2.24, 2.45) is 0 Å². The van der Waals surface area contributed by atoms with Crippen LogP contribution in [0, 0.1) is 0 Å². The Hall–Kier alpha value is -3.64. The van der Waals surface area contributed by atoms with E-state index in [1.165, 1.54) is 0 Å². The van der Waals surface area contributed by atoms with Gasteiger partial charge in [-0.15, -0.1) is 0 Å². The second-order valence-electron chi connectivity index (χ2n) is 8.12. The van der Waals surface area contributed by atoms with Gasteiger partial charge in [0.05, 0.1) is 7.11 Å². The van der Waals surface area contributed by atoms with Crippen molar-refractivity contribution in [3.05, 3.63) is 102 Å². The van der Waals surface area contributed by atoms with Gasteiger partial charge in [0.25, 0.3) is 5.91 Å². The number of ether oxygens (including phenoxy) is 2. The predicted molar refractivity (Wildman–Crippen MR) is 123 cm³/mol. The van der Waals surface area contributed by atoms with Crippen molar-refractivity contribution in [2.75, 3.05) is 13.7 Å². The van der Waals surface area contributed by atoms with E-state index >= 15 is 0 Å². The summed E-state index contributed by atoms with van der Waals surface area (Å²) in [5.41, 5.74) is -0.285. The van der Waals surface area contributed by atoms with Gasteiger partial charge < -0.3 is 19.5 Å². The molecule has 0 saturated heterocycles. The van der Waals surface area contributed by atoms with Crippen LogP contribution in [-0.4, -0.2) is 41.6 Å². The van der Waals surface area contributed by atoms with Gasteiger partial charge in [0.15, 0.2) is 6.61 Å². The highest BCUT2D eigenvalue weighted by Gasteiger charge is 2.42. The van der Waals surface area contributed by atoms with Crippen LogP contribution in [0.1, 0.15) is 29.5 Å². The highest BCUT2D eigenvalue weighted by molar-refractivity contribution is 5.88. The average Bonchev–Trinajstić information content (AvgIpc) is 3.72. The standard InChI is InChI=1S/C27H27NO5/c1-32-24-16-12-20(13-17-24)18-28(23-14-15-23)25(29)19-33-26(30)27(31,21-8-4-2-5-9-21)22-10-6-3-7-11-22/h2-13,16-17,23,31H,14-15,18-19H2,1H3. The van der Waals surface area contributed by atoms with E-state index in [0.717, 1.165) is 24.2 Å². The first-order chi connectivity index (χ1) is 16.0. The molecule has 0 radical (unpaired) electrons. The van der Waals surface area contributed by atoms with Crippen LogP contribution in [-0.2, 0) is 26.5 Å². The van der Waals surface area contributed by atoms with E-state index in [1.54, 1.807) is 72.7 Å². The van der Waals surface area contributed by atoms with Crippen molar-refractivity contribution in [1.82, 2.24) is 4.90 Å². The summed E-state index contributed by atoms with van der Waals surface area (Å²) < 4.78 is 10.6. The lowest BCUT2D eigenvalue weighted by atomic mass is 9.86. The smallest absolute Gasteiger partial charge is 0.348 e. The van der Waals surface area contributed by atoms with Crippen LogP contribution in [0.5, 0.6) is 5.75 Å². The first-order valence-electron chi connectivity index (χ1n) is 11.0. The molecule has 1 fully saturated rings. The van der Waals surface area contributed by atoms with E-state index in [-0.39, 0.29) is 11.9 Å². The molecule has 1 aliphatic rings. The lowest BCUT2D eigenvalue weighted by Gasteiger charge is -2.28. The van der Waals surface area contributed by atoms with E-state index in [4.69, 9.17) is 9.47 Å². The normalized spacial score (nSPS) is 13.3. The molecule has 6 nitrogen and oxygen atoms in total. The third kappa shape index (κ3) is 5.07. The van der Waals surface area contributed by atoms with Gasteiger partial charge in [0, 0.05) is 12.6 Å². The number of methoxy groups -OCH3 is 1. The maximum Gasteiger partial charge on any atom is 0.348 e. The summed E-state index contributed by atoms with van der Waals surface area (Å²) in [5, 5.41) is 11.5. The van der Waals surface area contributed by atoms with E-state index in [1.807, 2.05) is 24.3 Å². The van der Waals surface area contributed by atoms with Gasteiger partial charge in [-0.25, -0.2) is 4.79 Å². The average molecular weight is 446 g/mol. The zero-order chi connectivity index (χ0) is 23.3. The summed E-state index contributed by atoms with van der Waals surface area (Å²) >= 11 is 0. The van der Waals surface area contributed by atoms with Crippen LogP contribution in [0.4, 0.5) is 0 Å². The maximum atomic E-state index is 13.2. The summed E-state index contributed by atoms with van der Waals surface area (Å²) in [7, 11) is 1.61. The molecule has 0 atom stereocenters. The van der Waals surface area contributed by atoms with E-state index in [0.29, 0.717) is 17.7 Å². The third-order valence-electron chi connectivity index (χ3n) is 5.83. The molecule has 6 heteroatoms. The number of carbonyl (C=O) groups excluding carboxylic acids is 2. The van der Waals surface area contributed by atoms with Crippen LogP contribution in [0.15, 0.2) is 84.9 Å². The Morgan fingerprint density at radius 1 is 0.909 bits per heavy atom. The molecule has 170 valence electrons. The molecular weight excluding hydrogens is 418 g/mol. The van der Waals surface area contributed by atoms with E-state index < -0.39 is 18.2 Å². The lowest BCUT2D eigenvalue weighted by Crippen LogP contribution is -2.42. The summed E-state index contributed by atoms with van der Waals surface area (Å²) in [6, 6.07) is 24.9. The summed E-state index contributed by atoms with van der Waals surface area (Å²) in [4.78, 5) is 27.9. The second-order valence-corrected chi connectivity index (χ2v) is 8.12. The molecule has 0 aliphatic heterocycles. The number of esters is 1. The molecule has 1 aliphatic carbocycles. The van der Waals surface area contributed by atoms with Crippen molar-refractivity contribution in [3.8, 4) is 5.75 Å². The van der Waals surface area contributed by atoms with Crippen molar-refractivity contribution in [1.29, 1.82) is 0 Å². The fourth-order valence-corrected chi connectivity index (χ4v) is 3.81. The largest absolute Gasteiger partial charge is 0.497 e. The monoisotopic (exact) mass is 445 g/mol. The molecule has 1 saturated carbocycles. The van der Waals surface area contributed by atoms with Crippen molar-refractivity contribution < 1.29 is 24.2 Å². The van der Waals surface area contributed by atoms with E-state index in [9.17, 15) is 14.7 Å². The molecule has 1 amide bonds. The van der Waals surface area contributed by atoms with Crippen LogP contribution < -0.4 is 4.74 Å². The van der Waals surface area contributed by atoms with Gasteiger partial charge in [0.1, 0.15) is 5.75 Å². The summed E-state index contributed by atoms with van der Waals surface area (Å²) in [6.45, 7) is -0.0137. The number of benzene rings is 3. The first kappa shape index (κ1) is 22.6. The Bertz CT molecular complexity index is 1040. The molecule has 1 N–H and O–H groups in total. The van der Waals surface area contributed by atoms with Crippen molar-refractivity contribution in [3.63, 3.8) is 0 Å². The molecule has 0 spiro atoms. The summed E-state index contributed by atoms with van der Waals surface area (Å²) in [5.74, 6) is -0.420. The second kappa shape index (κ2) is 9.88. The van der Waals surface area contributed by atoms with Crippen LogP contribution in [0.25, 0.3) is 0 Å². The zero-order valence-corrected chi connectivity index (χ0v) is 18.5. The van der Waals surface area contributed by atoms with Gasteiger partial charge in [-0.2, -0.15) is 0 Å². The fourth-order valence-electron chi connectivity index (χ4n) is 3.81. The van der Waals surface area contributed by atoms with Crippen LogP contribution >= 0.6 is 0 Å². The fraction of sp³-hybridized carbons (Fsp3) is 0.259. The molecule has 0 heterocycles. The van der Waals surface area contributed by atoms with Crippen LogP contribution in [0.3, 0.4) is 0 Å². The van der Waals surface area contributed by atoms with Gasteiger partial charge in [0.2, 0.25) is 5.60 Å².